The summed E-state index contributed by atoms with van der Waals surface area (Å²) in [4.78, 5) is 14.7. The summed E-state index contributed by atoms with van der Waals surface area (Å²) in [6.07, 6.45) is 3.56. The summed E-state index contributed by atoms with van der Waals surface area (Å²) in [6.45, 7) is 9.77. The molecule has 35 heavy (non-hydrogen) atoms. The van der Waals surface area contributed by atoms with Gasteiger partial charge in [-0.3, -0.25) is 4.79 Å². The number of nitrogens with one attached hydrogen (secondary N) is 2. The number of carbonyl (C=O) groups excluding carboxylic acids is 1. The van der Waals surface area contributed by atoms with E-state index in [1.807, 2.05) is 26.8 Å². The number of benzene rings is 1. The number of carbonyl (C=O) groups is 1. The Morgan fingerprint density at radius 2 is 1.86 bits per heavy atom. The summed E-state index contributed by atoms with van der Waals surface area (Å²) in [5.74, 6) is 0.432. The lowest BCUT2D eigenvalue weighted by Crippen LogP contribution is -2.17. The van der Waals surface area contributed by atoms with Crippen LogP contribution in [-0.2, 0) is 4.79 Å². The Kier molecular flexibility index (Phi) is 13.2. The first kappa shape index (κ1) is 29.7. The fraction of sp³-hybridized carbons (Fsp3) is 0.385. The second-order valence-corrected chi connectivity index (χ2v) is 7.34. The van der Waals surface area contributed by atoms with Crippen molar-refractivity contribution in [2.24, 2.45) is 0 Å². The van der Waals surface area contributed by atoms with Crippen LogP contribution in [0.4, 0.5) is 30.4 Å². The number of aromatic nitrogens is 1. The summed E-state index contributed by atoms with van der Waals surface area (Å²) in [6, 6.07) is 7.30. The van der Waals surface area contributed by atoms with Crippen LogP contribution in [0.5, 0.6) is 5.75 Å². The van der Waals surface area contributed by atoms with E-state index in [0.29, 0.717) is 24.5 Å². The summed E-state index contributed by atoms with van der Waals surface area (Å²) < 4.78 is 40.8. The van der Waals surface area contributed by atoms with Crippen LogP contribution in [0.1, 0.15) is 52.0 Å². The average Bonchev–Trinajstić information content (AvgIpc) is 2.82. The van der Waals surface area contributed by atoms with Crippen LogP contribution < -0.4 is 15.4 Å². The molecule has 0 aliphatic carbocycles. The van der Waals surface area contributed by atoms with Crippen molar-refractivity contribution in [3.63, 3.8) is 0 Å². The van der Waals surface area contributed by atoms with Crippen LogP contribution >= 0.6 is 0 Å². The molecule has 9 heteroatoms. The minimum atomic E-state index is -4.72. The standard InChI is InChI=1S/C20H24F3N3O2.C6H10O/c1-3-5-14(4-2)18-17(24-12-13-27)10-11-25-19(18)26-15-6-8-16(9-7-15)28-20(21,22)23;1-3-5-6(7)4-2/h5-11,27H,3-4,12-13H2,1-2H3,(H2,24,25,26);4H,2-3,5H2,1H3/b14-5+;. The van der Waals surface area contributed by atoms with Gasteiger partial charge in [0.1, 0.15) is 11.6 Å². The average molecular weight is 494 g/mol. The first-order valence-corrected chi connectivity index (χ1v) is 11.5. The van der Waals surface area contributed by atoms with E-state index >= 15 is 0 Å². The fourth-order valence-corrected chi connectivity index (χ4v) is 3.11. The molecule has 1 aromatic carbocycles. The Morgan fingerprint density at radius 3 is 2.34 bits per heavy atom. The molecule has 0 saturated heterocycles. The lowest BCUT2D eigenvalue weighted by Gasteiger charge is -2.18. The van der Waals surface area contributed by atoms with E-state index in [1.54, 1.807) is 6.20 Å². The smallest absolute Gasteiger partial charge is 0.406 e. The summed E-state index contributed by atoms with van der Waals surface area (Å²) in [7, 11) is 0. The number of aliphatic hydroxyl groups excluding tert-OH is 1. The second kappa shape index (κ2) is 15.5. The highest BCUT2D eigenvalue weighted by atomic mass is 19.4. The maximum Gasteiger partial charge on any atom is 0.573 e. The van der Waals surface area contributed by atoms with Gasteiger partial charge in [0.25, 0.3) is 0 Å². The number of halogens is 3. The number of alkyl halides is 3. The lowest BCUT2D eigenvalue weighted by molar-refractivity contribution is -0.274. The molecule has 192 valence electrons. The molecule has 1 aromatic heterocycles. The predicted octanol–water partition coefficient (Wildman–Crippen LogP) is 6.87. The molecule has 3 N–H and O–H groups in total. The maximum atomic E-state index is 12.3. The van der Waals surface area contributed by atoms with Gasteiger partial charge in [-0.05, 0) is 61.2 Å². The Balaban J connectivity index is 0.000000762. The zero-order valence-corrected chi connectivity index (χ0v) is 20.4. The van der Waals surface area contributed by atoms with Gasteiger partial charge in [-0.15, -0.1) is 13.2 Å². The van der Waals surface area contributed by atoms with E-state index in [0.717, 1.165) is 36.1 Å². The number of anilines is 3. The molecule has 0 fully saturated rings. The van der Waals surface area contributed by atoms with E-state index in [9.17, 15) is 18.0 Å². The highest BCUT2D eigenvalue weighted by Gasteiger charge is 2.31. The summed E-state index contributed by atoms with van der Waals surface area (Å²) >= 11 is 0. The minimum Gasteiger partial charge on any atom is -0.406 e. The Labute approximate surface area is 204 Å². The molecule has 0 saturated carbocycles. The topological polar surface area (TPSA) is 83.5 Å². The minimum absolute atomic E-state index is 0.00978. The van der Waals surface area contributed by atoms with Gasteiger partial charge in [0.15, 0.2) is 5.78 Å². The maximum absolute atomic E-state index is 12.3. The zero-order valence-electron chi connectivity index (χ0n) is 20.4. The molecule has 0 atom stereocenters. The van der Waals surface area contributed by atoms with Crippen molar-refractivity contribution >= 4 is 28.5 Å². The van der Waals surface area contributed by atoms with E-state index in [-0.39, 0.29) is 18.1 Å². The summed E-state index contributed by atoms with van der Waals surface area (Å²) in [5.41, 5.74) is 3.35. The summed E-state index contributed by atoms with van der Waals surface area (Å²) in [5, 5.41) is 15.5. The van der Waals surface area contributed by atoms with Crippen molar-refractivity contribution < 1.29 is 27.8 Å². The second-order valence-electron chi connectivity index (χ2n) is 7.34. The van der Waals surface area contributed by atoms with E-state index in [4.69, 9.17) is 5.11 Å². The van der Waals surface area contributed by atoms with Gasteiger partial charge >= 0.3 is 6.36 Å². The number of pyridine rings is 1. The normalized spacial score (nSPS) is 11.2. The van der Waals surface area contributed by atoms with Crippen molar-refractivity contribution in [2.45, 2.75) is 52.8 Å². The van der Waals surface area contributed by atoms with Crippen LogP contribution in [0.25, 0.3) is 5.57 Å². The molecule has 2 aromatic rings. The van der Waals surface area contributed by atoms with Crippen LogP contribution in [0.3, 0.4) is 0 Å². The number of ketones is 1. The number of ether oxygens (including phenoxy) is 1. The van der Waals surface area contributed by atoms with E-state index in [2.05, 4.69) is 33.0 Å². The van der Waals surface area contributed by atoms with Crippen LogP contribution in [0.2, 0.25) is 0 Å². The zero-order chi connectivity index (χ0) is 26.3. The van der Waals surface area contributed by atoms with Crippen molar-refractivity contribution in [1.82, 2.24) is 4.98 Å². The van der Waals surface area contributed by atoms with Crippen molar-refractivity contribution in [3.05, 3.63) is 60.8 Å². The monoisotopic (exact) mass is 493 g/mol. The third kappa shape index (κ3) is 11.1. The van der Waals surface area contributed by atoms with Crippen LogP contribution in [0, 0.1) is 0 Å². The van der Waals surface area contributed by atoms with Gasteiger partial charge in [-0.1, -0.05) is 33.4 Å². The predicted molar refractivity (Wildman–Crippen MR) is 135 cm³/mol. The molecule has 0 spiro atoms. The number of rotatable bonds is 12. The van der Waals surface area contributed by atoms with Crippen molar-refractivity contribution in [1.29, 1.82) is 0 Å². The molecule has 0 radical (unpaired) electrons. The largest absolute Gasteiger partial charge is 0.573 e. The van der Waals surface area contributed by atoms with Gasteiger partial charge in [0, 0.05) is 36.1 Å². The Bertz CT molecular complexity index is 959. The van der Waals surface area contributed by atoms with Gasteiger partial charge < -0.3 is 20.5 Å². The number of allylic oxidation sites excluding steroid dienone is 3. The molecule has 1 heterocycles. The molecule has 0 amide bonds. The van der Waals surface area contributed by atoms with Gasteiger partial charge in [0.2, 0.25) is 0 Å². The third-order valence-corrected chi connectivity index (χ3v) is 4.61. The Morgan fingerprint density at radius 1 is 1.17 bits per heavy atom. The SMILES string of the molecule is C=CC(=O)CCC.CC/C=C(\CC)c1c(NCCO)ccnc1Nc1ccc(OC(F)(F)F)cc1. The number of aliphatic hydroxyl groups is 1. The van der Waals surface area contributed by atoms with Crippen LogP contribution in [0.15, 0.2) is 55.3 Å². The molecule has 6 nitrogen and oxygen atoms in total. The molecule has 0 unspecified atom stereocenters. The van der Waals surface area contributed by atoms with Crippen LogP contribution in [-0.4, -0.2) is 35.4 Å². The quantitative estimate of drug-likeness (QED) is 0.280. The number of nitrogens with zero attached hydrogens (tertiary/aromatic N) is 1. The van der Waals surface area contributed by atoms with Gasteiger partial charge in [0.05, 0.1) is 6.61 Å². The molecule has 0 bridgehead atoms. The van der Waals surface area contributed by atoms with E-state index < -0.39 is 6.36 Å². The first-order valence-electron chi connectivity index (χ1n) is 11.5. The van der Waals surface area contributed by atoms with Crippen molar-refractivity contribution in [3.8, 4) is 5.75 Å². The number of hydrogen-bond acceptors (Lipinski definition) is 6. The Hall–Kier alpha value is -3.33. The lowest BCUT2D eigenvalue weighted by atomic mass is 10.0. The van der Waals surface area contributed by atoms with Gasteiger partial charge in [-0.2, -0.15) is 0 Å². The molecule has 0 aliphatic rings. The van der Waals surface area contributed by atoms with E-state index in [1.165, 1.54) is 30.3 Å². The fourth-order valence-electron chi connectivity index (χ4n) is 3.11. The molecular weight excluding hydrogens is 459 g/mol. The molecular formula is C26H34F3N3O3. The van der Waals surface area contributed by atoms with Crippen molar-refractivity contribution in [2.75, 3.05) is 23.8 Å². The first-order chi connectivity index (χ1) is 16.7. The molecule has 2 rings (SSSR count). The number of hydrogen-bond donors (Lipinski definition) is 3. The molecule has 0 aliphatic heterocycles. The van der Waals surface area contributed by atoms with Gasteiger partial charge in [-0.25, -0.2) is 4.98 Å². The highest BCUT2D eigenvalue weighted by molar-refractivity contribution is 5.88. The highest BCUT2D eigenvalue weighted by Crippen LogP contribution is 2.34. The third-order valence-electron chi connectivity index (χ3n) is 4.61.